The number of unbranched alkanes of at least 4 members (excludes halogenated alkanes) is 28. The van der Waals surface area contributed by atoms with Crippen molar-refractivity contribution in [1.29, 1.82) is 0 Å². The van der Waals surface area contributed by atoms with Gasteiger partial charge in [0.05, 0.1) is 0 Å². The molecule has 0 atom stereocenters. The molecule has 352 valence electrons. The summed E-state index contributed by atoms with van der Waals surface area (Å²) in [7, 11) is 0. The molecular formula is C53H106N2O4. The van der Waals surface area contributed by atoms with E-state index >= 15 is 0 Å². The Balaban J connectivity index is 3.80. The van der Waals surface area contributed by atoms with E-state index in [4.69, 9.17) is 9.47 Å². The molecule has 0 aromatic carbocycles. The van der Waals surface area contributed by atoms with E-state index < -0.39 is 0 Å². The van der Waals surface area contributed by atoms with Gasteiger partial charge in [0.1, 0.15) is 12.2 Å². The van der Waals surface area contributed by atoms with Crippen LogP contribution in [-0.2, 0) is 19.1 Å². The first kappa shape index (κ1) is 57.9. The fourth-order valence-corrected chi connectivity index (χ4v) is 8.31. The monoisotopic (exact) mass is 835 g/mol. The van der Waals surface area contributed by atoms with Gasteiger partial charge in [-0.05, 0) is 110 Å². The van der Waals surface area contributed by atoms with Crippen LogP contribution in [0.4, 0.5) is 0 Å². The molecule has 0 bridgehead atoms. The van der Waals surface area contributed by atoms with Crippen LogP contribution in [0.1, 0.15) is 291 Å². The fraction of sp³-hybridized carbons (Fsp3) is 0.962. The molecule has 0 amide bonds. The minimum atomic E-state index is 0.0389. The van der Waals surface area contributed by atoms with Crippen molar-refractivity contribution in [3.8, 4) is 0 Å². The molecule has 59 heavy (non-hydrogen) atoms. The molecule has 0 spiro atoms. The topological polar surface area (TPSA) is 76.7 Å². The smallest absolute Gasteiger partial charge is 0.306 e. The Kier molecular flexibility index (Phi) is 48.6. The highest BCUT2D eigenvalue weighted by Gasteiger charge is 2.15. The highest BCUT2D eigenvalue weighted by Crippen LogP contribution is 2.20. The van der Waals surface area contributed by atoms with Gasteiger partial charge in [-0.3, -0.25) is 9.59 Å². The number of hydrogen-bond acceptors (Lipinski definition) is 6. The Morgan fingerprint density at radius 3 is 0.847 bits per heavy atom. The van der Waals surface area contributed by atoms with Crippen molar-refractivity contribution in [2.45, 2.75) is 303 Å². The quantitative estimate of drug-likeness (QED) is 0.0470. The molecule has 0 saturated heterocycles. The van der Waals surface area contributed by atoms with Crippen LogP contribution in [0.2, 0.25) is 0 Å². The van der Waals surface area contributed by atoms with E-state index in [1.165, 1.54) is 199 Å². The lowest BCUT2D eigenvalue weighted by atomic mass is 10.0. The minimum Gasteiger partial charge on any atom is -0.462 e. The molecule has 0 saturated carbocycles. The van der Waals surface area contributed by atoms with Gasteiger partial charge in [0, 0.05) is 12.8 Å². The summed E-state index contributed by atoms with van der Waals surface area (Å²) in [5, 5.41) is 7.22. The van der Waals surface area contributed by atoms with Crippen LogP contribution in [0.25, 0.3) is 0 Å². The number of esters is 2. The predicted molar refractivity (Wildman–Crippen MR) is 257 cm³/mol. The summed E-state index contributed by atoms with van der Waals surface area (Å²) >= 11 is 0. The lowest BCUT2D eigenvalue weighted by molar-refractivity contribution is -0.151. The molecule has 0 aromatic rings. The average Bonchev–Trinajstić information content (AvgIpc) is 3.23. The van der Waals surface area contributed by atoms with Gasteiger partial charge in [-0.1, -0.05) is 195 Å². The maximum absolute atomic E-state index is 12.7. The molecule has 6 nitrogen and oxygen atoms in total. The molecule has 0 radical (unpaired) electrons. The first-order chi connectivity index (χ1) is 29.1. The third-order valence-corrected chi connectivity index (χ3v) is 12.3. The Hall–Kier alpha value is -1.14. The molecular weight excluding hydrogens is 729 g/mol. The second-order valence-electron chi connectivity index (χ2n) is 18.3. The van der Waals surface area contributed by atoms with Crippen molar-refractivity contribution in [2.75, 3.05) is 26.2 Å². The number of carbonyl (C=O) groups excluding carboxylic acids is 2. The van der Waals surface area contributed by atoms with Gasteiger partial charge >= 0.3 is 11.9 Å². The minimum absolute atomic E-state index is 0.0389. The van der Waals surface area contributed by atoms with Crippen LogP contribution in [0.15, 0.2) is 0 Å². The summed E-state index contributed by atoms with van der Waals surface area (Å²) in [5.41, 5.74) is 0. The van der Waals surface area contributed by atoms with Gasteiger partial charge in [-0.25, -0.2) is 0 Å². The van der Waals surface area contributed by atoms with Crippen molar-refractivity contribution in [3.05, 3.63) is 0 Å². The highest BCUT2D eigenvalue weighted by molar-refractivity contribution is 5.69. The number of ether oxygens (including phenoxy) is 2. The van der Waals surface area contributed by atoms with Gasteiger partial charge in [0.25, 0.3) is 0 Å². The number of hydrogen-bond donors (Lipinski definition) is 2. The largest absolute Gasteiger partial charge is 0.462 e. The maximum Gasteiger partial charge on any atom is 0.306 e. The van der Waals surface area contributed by atoms with E-state index in [0.717, 1.165) is 77.5 Å². The van der Waals surface area contributed by atoms with E-state index in [-0.39, 0.29) is 24.1 Å². The van der Waals surface area contributed by atoms with Gasteiger partial charge in [-0.15, -0.1) is 0 Å². The Labute approximate surface area is 369 Å². The Bertz CT molecular complexity index is 740. The van der Waals surface area contributed by atoms with E-state index in [2.05, 4.69) is 38.3 Å². The molecule has 0 rings (SSSR count). The summed E-state index contributed by atoms with van der Waals surface area (Å²) < 4.78 is 12.0. The second-order valence-corrected chi connectivity index (χ2v) is 18.3. The summed E-state index contributed by atoms with van der Waals surface area (Å²) in [6.07, 6.45) is 49.4. The summed E-state index contributed by atoms with van der Waals surface area (Å²) in [5.74, 6) is 0.0778. The van der Waals surface area contributed by atoms with E-state index in [9.17, 15) is 9.59 Å². The average molecular weight is 835 g/mol. The van der Waals surface area contributed by atoms with Crippen LogP contribution in [0, 0.1) is 0 Å². The molecule has 0 aliphatic heterocycles. The molecule has 0 aliphatic carbocycles. The molecule has 0 aromatic heterocycles. The van der Waals surface area contributed by atoms with Crippen molar-refractivity contribution in [2.24, 2.45) is 0 Å². The lowest BCUT2D eigenvalue weighted by Gasteiger charge is -2.18. The third-order valence-electron chi connectivity index (χ3n) is 12.3. The molecule has 0 aliphatic rings. The summed E-state index contributed by atoms with van der Waals surface area (Å²) in [6.45, 7) is 13.4. The van der Waals surface area contributed by atoms with Crippen LogP contribution in [-0.4, -0.2) is 50.3 Å². The zero-order chi connectivity index (χ0) is 43.0. The molecule has 0 unspecified atom stereocenters. The first-order valence-electron chi connectivity index (χ1n) is 26.9. The van der Waals surface area contributed by atoms with Crippen molar-refractivity contribution < 1.29 is 19.1 Å². The van der Waals surface area contributed by atoms with Crippen molar-refractivity contribution >= 4 is 11.9 Å². The van der Waals surface area contributed by atoms with Crippen LogP contribution in [0.3, 0.4) is 0 Å². The molecule has 0 fully saturated rings. The summed E-state index contributed by atoms with van der Waals surface area (Å²) in [6, 6.07) is 0. The maximum atomic E-state index is 12.7. The zero-order valence-electron chi connectivity index (χ0n) is 40.6. The number of nitrogens with one attached hydrogen (secondary N) is 2. The van der Waals surface area contributed by atoms with Crippen LogP contribution >= 0.6 is 0 Å². The number of rotatable bonds is 50. The Morgan fingerprint density at radius 2 is 0.542 bits per heavy atom. The fourth-order valence-electron chi connectivity index (χ4n) is 8.31. The predicted octanol–water partition coefficient (Wildman–Crippen LogP) is 16.1. The normalized spacial score (nSPS) is 11.6. The standard InChI is InChI=1S/C53H106N2O4/c1-5-9-13-17-23-31-40-50(41-32-24-18-14-10-6-2)58-52(56)44-35-27-21-29-37-46-54-48-39-49-55-47-38-30-22-28-36-45-53(57)59-51(42-33-25-19-15-11-7-3)43-34-26-20-16-12-8-4/h50-51,54-55H,5-49H2,1-4H3. The second kappa shape index (κ2) is 49.5. The molecule has 0 heterocycles. The third kappa shape index (κ3) is 46.2. The first-order valence-corrected chi connectivity index (χ1v) is 26.9. The van der Waals surface area contributed by atoms with Crippen molar-refractivity contribution in [1.82, 2.24) is 10.6 Å². The SMILES string of the molecule is CCCCCCCCC(CCCCCCCC)OC(=O)CCCCCCCNCCCNCCCCCCCC(=O)OC(CCCCCCCC)CCCCCCCC. The zero-order valence-corrected chi connectivity index (χ0v) is 40.6. The number of carbonyl (C=O) groups is 2. The van der Waals surface area contributed by atoms with Gasteiger partial charge in [-0.2, -0.15) is 0 Å². The van der Waals surface area contributed by atoms with Crippen LogP contribution < -0.4 is 10.6 Å². The van der Waals surface area contributed by atoms with E-state index in [1.54, 1.807) is 0 Å². The van der Waals surface area contributed by atoms with Crippen molar-refractivity contribution in [3.63, 3.8) is 0 Å². The Morgan fingerprint density at radius 1 is 0.305 bits per heavy atom. The van der Waals surface area contributed by atoms with E-state index in [0.29, 0.717) is 12.8 Å². The summed E-state index contributed by atoms with van der Waals surface area (Å²) in [4.78, 5) is 25.3. The van der Waals surface area contributed by atoms with Gasteiger partial charge < -0.3 is 20.1 Å². The lowest BCUT2D eigenvalue weighted by Crippen LogP contribution is -2.23. The molecule has 6 heteroatoms. The van der Waals surface area contributed by atoms with E-state index in [1.807, 2.05) is 0 Å². The van der Waals surface area contributed by atoms with Gasteiger partial charge in [0.15, 0.2) is 0 Å². The van der Waals surface area contributed by atoms with Gasteiger partial charge in [0.2, 0.25) is 0 Å². The molecule has 2 N–H and O–H groups in total. The van der Waals surface area contributed by atoms with Crippen LogP contribution in [0.5, 0.6) is 0 Å². The highest BCUT2D eigenvalue weighted by atomic mass is 16.5.